The molecule has 1 saturated carbocycles. The van der Waals surface area contributed by atoms with E-state index in [0.29, 0.717) is 17.7 Å². The highest BCUT2D eigenvalue weighted by molar-refractivity contribution is 7.85. The van der Waals surface area contributed by atoms with E-state index in [1.54, 1.807) is 0 Å². The fourth-order valence-electron chi connectivity index (χ4n) is 6.19. The highest BCUT2D eigenvalue weighted by Gasteiger charge is 2.33. The molecule has 1 aliphatic rings. The van der Waals surface area contributed by atoms with Crippen molar-refractivity contribution in [3.05, 3.63) is 78.4 Å². The maximum Gasteiger partial charge on any atom is 0.243 e. The van der Waals surface area contributed by atoms with Gasteiger partial charge in [-0.05, 0) is 47.2 Å². The minimum atomic E-state index is -1.50. The average molecular weight is 641 g/mol. The molecular formula is C38H44N2O5S. The molecule has 0 radical (unpaired) electrons. The van der Waals surface area contributed by atoms with Crippen molar-refractivity contribution in [1.82, 2.24) is 10.6 Å². The summed E-state index contributed by atoms with van der Waals surface area (Å²) in [7, 11) is -1.50. The van der Waals surface area contributed by atoms with Gasteiger partial charge in [-0.2, -0.15) is 0 Å². The first-order chi connectivity index (χ1) is 22.3. The Morgan fingerprint density at radius 1 is 0.848 bits per heavy atom. The van der Waals surface area contributed by atoms with Crippen molar-refractivity contribution in [2.45, 2.75) is 87.0 Å². The molecule has 1 aliphatic carbocycles. The first-order valence-corrected chi connectivity index (χ1v) is 17.4. The Balaban J connectivity index is 1.51. The Bertz CT molecular complexity index is 1560. The van der Waals surface area contributed by atoms with Crippen LogP contribution in [0.3, 0.4) is 0 Å². The van der Waals surface area contributed by atoms with Crippen LogP contribution in [0.25, 0.3) is 10.8 Å². The SMILES string of the molecule is C#CC[C@H](NC(=O)[C@H](Cc1ccccc1)CS(=O)c1ccc2ccccc2c1)C(=O)N[C@@H](CC1CCCCC1)[C@@H](O)[C@@H](O)CC#C. The van der Waals surface area contributed by atoms with Crippen molar-refractivity contribution in [2.75, 3.05) is 5.75 Å². The summed E-state index contributed by atoms with van der Waals surface area (Å²) in [6.07, 6.45) is 14.4. The minimum absolute atomic E-state index is 0.0464. The molecule has 0 spiro atoms. The summed E-state index contributed by atoms with van der Waals surface area (Å²) in [4.78, 5) is 28.1. The number of fused-ring (bicyclic) bond motifs is 1. The van der Waals surface area contributed by atoms with Crippen molar-refractivity contribution in [2.24, 2.45) is 11.8 Å². The molecule has 1 unspecified atom stereocenters. The lowest BCUT2D eigenvalue weighted by Gasteiger charge is -2.33. The Hall–Kier alpha value is -3.95. The zero-order valence-electron chi connectivity index (χ0n) is 26.1. The van der Waals surface area contributed by atoms with Gasteiger partial charge in [-0.25, -0.2) is 0 Å². The van der Waals surface area contributed by atoms with Crippen LogP contribution in [-0.4, -0.2) is 56.3 Å². The maximum atomic E-state index is 13.8. The summed E-state index contributed by atoms with van der Waals surface area (Å²) in [5.41, 5.74) is 0.897. The first kappa shape index (κ1) is 34.9. The number of carbonyl (C=O) groups excluding carboxylic acids is 2. The zero-order chi connectivity index (χ0) is 32.9. The van der Waals surface area contributed by atoms with Crippen molar-refractivity contribution in [3.63, 3.8) is 0 Å². The van der Waals surface area contributed by atoms with Gasteiger partial charge in [-0.1, -0.05) is 92.8 Å². The number of amides is 2. The molecule has 1 fully saturated rings. The topological polar surface area (TPSA) is 116 Å². The van der Waals surface area contributed by atoms with Crippen molar-refractivity contribution in [1.29, 1.82) is 0 Å². The summed E-state index contributed by atoms with van der Waals surface area (Å²) < 4.78 is 13.6. The van der Waals surface area contributed by atoms with E-state index in [2.05, 4.69) is 22.5 Å². The highest BCUT2D eigenvalue weighted by atomic mass is 32.2. The molecule has 3 aromatic rings. The van der Waals surface area contributed by atoms with Crippen LogP contribution in [-0.2, 0) is 26.8 Å². The number of aliphatic hydroxyl groups excluding tert-OH is 2. The van der Waals surface area contributed by atoms with Crippen LogP contribution in [0.5, 0.6) is 0 Å². The minimum Gasteiger partial charge on any atom is -0.389 e. The van der Waals surface area contributed by atoms with Gasteiger partial charge in [-0.3, -0.25) is 13.8 Å². The standard InChI is InChI=1S/C38H44N2O5S/c1-3-13-33(38(44)40-34(36(42)35(41)14-4-2)24-28-17-9-6-10-18-28)39-37(43)31(23-27-15-7-5-8-16-27)26-46(45)32-22-21-29-19-11-12-20-30(29)25-32/h1-2,5,7-8,11-12,15-16,19-22,25,28,31,33-36,41-42H,6,9-10,13-14,17-18,23-24,26H2,(H,39,43)(H,40,44)/t31-,33+,34+,35+,36-,46?/m1/s1. The van der Waals surface area contributed by atoms with Gasteiger partial charge in [0.25, 0.3) is 0 Å². The monoisotopic (exact) mass is 640 g/mol. The van der Waals surface area contributed by atoms with E-state index in [-0.39, 0.29) is 24.5 Å². The molecule has 0 bridgehead atoms. The van der Waals surface area contributed by atoms with Crippen LogP contribution in [0.1, 0.15) is 56.9 Å². The second kappa shape index (κ2) is 17.7. The number of benzene rings is 3. The van der Waals surface area contributed by atoms with E-state index in [1.165, 1.54) is 0 Å². The molecule has 2 amide bonds. The molecule has 0 aromatic heterocycles. The van der Waals surface area contributed by atoms with Gasteiger partial charge in [0.1, 0.15) is 12.1 Å². The van der Waals surface area contributed by atoms with Gasteiger partial charge in [0.2, 0.25) is 11.8 Å². The van der Waals surface area contributed by atoms with Crippen molar-refractivity contribution >= 4 is 33.4 Å². The van der Waals surface area contributed by atoms with Gasteiger partial charge < -0.3 is 20.8 Å². The van der Waals surface area contributed by atoms with Crippen LogP contribution in [0, 0.1) is 36.5 Å². The summed E-state index contributed by atoms with van der Waals surface area (Å²) in [6.45, 7) is 0. The second-order valence-electron chi connectivity index (χ2n) is 12.2. The third kappa shape index (κ3) is 10.0. The number of terminal acetylenes is 2. The van der Waals surface area contributed by atoms with Crippen LogP contribution in [0.2, 0.25) is 0 Å². The maximum absolute atomic E-state index is 13.8. The number of rotatable bonds is 15. The van der Waals surface area contributed by atoms with Crippen molar-refractivity contribution in [3.8, 4) is 24.7 Å². The molecule has 46 heavy (non-hydrogen) atoms. The summed E-state index contributed by atoms with van der Waals surface area (Å²) >= 11 is 0. The Morgan fingerprint density at radius 2 is 1.52 bits per heavy atom. The molecule has 0 saturated heterocycles. The Morgan fingerprint density at radius 3 is 2.22 bits per heavy atom. The van der Waals surface area contributed by atoms with E-state index in [4.69, 9.17) is 12.8 Å². The predicted molar refractivity (Wildman–Crippen MR) is 183 cm³/mol. The Kier molecular flexibility index (Phi) is 13.4. The van der Waals surface area contributed by atoms with E-state index in [1.807, 2.05) is 72.8 Å². The quantitative estimate of drug-likeness (QED) is 0.183. The third-order valence-electron chi connectivity index (χ3n) is 8.76. The third-order valence-corrected chi connectivity index (χ3v) is 10.2. The van der Waals surface area contributed by atoms with E-state index < -0.39 is 52.8 Å². The number of aliphatic hydroxyl groups is 2. The Labute approximate surface area is 275 Å². The van der Waals surface area contributed by atoms with E-state index in [0.717, 1.165) is 48.4 Å². The van der Waals surface area contributed by atoms with Crippen LogP contribution >= 0.6 is 0 Å². The van der Waals surface area contributed by atoms with Gasteiger partial charge in [-0.15, -0.1) is 24.7 Å². The van der Waals surface area contributed by atoms with Crippen LogP contribution in [0.4, 0.5) is 0 Å². The summed E-state index contributed by atoms with van der Waals surface area (Å²) in [6, 6.07) is 21.0. The van der Waals surface area contributed by atoms with Gasteiger partial charge >= 0.3 is 0 Å². The largest absolute Gasteiger partial charge is 0.389 e. The number of nitrogens with one attached hydrogen (secondary N) is 2. The molecule has 7 nitrogen and oxygen atoms in total. The van der Waals surface area contributed by atoms with Gasteiger partial charge in [0.05, 0.1) is 28.9 Å². The number of hydrogen-bond acceptors (Lipinski definition) is 5. The number of hydrogen-bond donors (Lipinski definition) is 4. The molecular weight excluding hydrogens is 596 g/mol. The molecule has 6 atom stereocenters. The number of carbonyl (C=O) groups is 2. The van der Waals surface area contributed by atoms with Crippen LogP contribution in [0.15, 0.2) is 77.7 Å². The smallest absolute Gasteiger partial charge is 0.243 e. The molecule has 4 rings (SSSR count). The first-order valence-electron chi connectivity index (χ1n) is 16.0. The molecule has 0 aliphatic heterocycles. The predicted octanol–water partition coefficient (Wildman–Crippen LogP) is 4.51. The molecule has 0 heterocycles. The fourth-order valence-corrected chi connectivity index (χ4v) is 7.49. The van der Waals surface area contributed by atoms with Crippen molar-refractivity contribution < 1.29 is 24.0 Å². The lowest BCUT2D eigenvalue weighted by molar-refractivity contribution is -0.132. The van der Waals surface area contributed by atoms with Gasteiger partial charge in [0, 0.05) is 23.5 Å². The summed E-state index contributed by atoms with van der Waals surface area (Å²) in [5, 5.41) is 29.2. The average Bonchev–Trinajstić information content (AvgIpc) is 3.07. The molecule has 3 aromatic carbocycles. The summed E-state index contributed by atoms with van der Waals surface area (Å²) in [5.74, 6) is 3.47. The second-order valence-corrected chi connectivity index (χ2v) is 13.7. The van der Waals surface area contributed by atoms with E-state index in [9.17, 15) is 24.0 Å². The lowest BCUT2D eigenvalue weighted by Crippen LogP contribution is -2.56. The van der Waals surface area contributed by atoms with Crippen LogP contribution < -0.4 is 10.6 Å². The lowest BCUT2D eigenvalue weighted by atomic mass is 9.82. The normalized spacial score (nSPS) is 17.4. The fraction of sp³-hybridized carbons (Fsp3) is 0.421. The van der Waals surface area contributed by atoms with Gasteiger partial charge in [0.15, 0.2) is 0 Å². The van der Waals surface area contributed by atoms with E-state index >= 15 is 0 Å². The molecule has 8 heteroatoms. The molecule has 4 N–H and O–H groups in total. The molecule has 242 valence electrons. The zero-order valence-corrected chi connectivity index (χ0v) is 27.0. The highest BCUT2D eigenvalue weighted by Crippen LogP contribution is 2.29.